The zero-order valence-electron chi connectivity index (χ0n) is 17.0. The maximum Gasteiger partial charge on any atom is 0.416 e. The highest BCUT2D eigenvalue weighted by Gasteiger charge is 2.34. The summed E-state index contributed by atoms with van der Waals surface area (Å²) in [5.41, 5.74) is -1.45. The van der Waals surface area contributed by atoms with Crippen LogP contribution in [0.15, 0.2) is 47.6 Å². The Bertz CT molecular complexity index is 1010. The molecule has 0 spiro atoms. The molecule has 0 bridgehead atoms. The number of benzene rings is 2. The van der Waals surface area contributed by atoms with Gasteiger partial charge in [0.05, 0.1) is 5.57 Å². The van der Waals surface area contributed by atoms with Crippen LogP contribution in [-0.2, 0) is 6.54 Å². The molecular weight excluding hydrogens is 425 g/mol. The summed E-state index contributed by atoms with van der Waals surface area (Å²) in [6.07, 6.45) is -3.61. The molecule has 0 amide bonds. The van der Waals surface area contributed by atoms with Crippen LogP contribution in [0.3, 0.4) is 0 Å². The number of alkyl halides is 3. The average Bonchev–Trinajstić information content (AvgIpc) is 2.71. The van der Waals surface area contributed by atoms with Crippen molar-refractivity contribution in [2.45, 2.75) is 33.0 Å². The Morgan fingerprint density at radius 3 is 2.16 bits per heavy atom. The van der Waals surface area contributed by atoms with Gasteiger partial charge in [-0.05, 0) is 49.8 Å². The molecule has 0 saturated heterocycles. The highest BCUT2D eigenvalue weighted by molar-refractivity contribution is 5.69. The normalized spacial score (nSPS) is 13.2. The first kappa shape index (κ1) is 24.3. The molecule has 168 valence electrons. The average molecular weight is 446 g/mol. The third-order valence-corrected chi connectivity index (χ3v) is 4.72. The van der Waals surface area contributed by atoms with Gasteiger partial charge < -0.3 is 10.6 Å². The van der Waals surface area contributed by atoms with Crippen LogP contribution < -0.4 is 10.6 Å². The van der Waals surface area contributed by atoms with Crippen molar-refractivity contribution in [2.75, 3.05) is 12.4 Å². The predicted octanol–water partition coefficient (Wildman–Crippen LogP) is 6.70. The molecule has 2 N–H and O–H groups in total. The van der Waals surface area contributed by atoms with E-state index in [0.29, 0.717) is 6.07 Å². The Labute approximate surface area is 175 Å². The van der Waals surface area contributed by atoms with Crippen molar-refractivity contribution in [1.82, 2.24) is 5.32 Å². The second-order valence-corrected chi connectivity index (χ2v) is 6.72. The summed E-state index contributed by atoms with van der Waals surface area (Å²) in [5, 5.41) is 5.14. The largest absolute Gasteiger partial charge is 0.416 e. The molecule has 2 aromatic rings. The fraction of sp³-hybridized carbons (Fsp3) is 0.273. The maximum atomic E-state index is 14.6. The van der Waals surface area contributed by atoms with Crippen LogP contribution in [0.25, 0.3) is 5.70 Å². The van der Waals surface area contributed by atoms with Crippen molar-refractivity contribution in [3.8, 4) is 0 Å². The number of hydrogen-bond donors (Lipinski definition) is 2. The van der Waals surface area contributed by atoms with Gasteiger partial charge in [-0.25, -0.2) is 17.6 Å². The van der Waals surface area contributed by atoms with Gasteiger partial charge in [0.1, 0.15) is 11.6 Å². The van der Waals surface area contributed by atoms with Crippen molar-refractivity contribution in [3.63, 3.8) is 0 Å². The minimum Gasteiger partial charge on any atom is -0.388 e. The topological polar surface area (TPSA) is 24.1 Å². The van der Waals surface area contributed by atoms with E-state index in [1.165, 1.54) is 26.1 Å². The molecule has 0 heterocycles. The lowest BCUT2D eigenvalue weighted by Crippen LogP contribution is -2.15. The zero-order valence-corrected chi connectivity index (χ0v) is 17.0. The van der Waals surface area contributed by atoms with Gasteiger partial charge in [-0.2, -0.15) is 13.2 Å². The second kappa shape index (κ2) is 9.89. The fourth-order valence-electron chi connectivity index (χ4n) is 2.83. The van der Waals surface area contributed by atoms with Gasteiger partial charge in [-0.15, -0.1) is 0 Å². The van der Waals surface area contributed by atoms with Gasteiger partial charge >= 0.3 is 6.18 Å². The van der Waals surface area contributed by atoms with Gasteiger partial charge in [0.25, 0.3) is 0 Å². The number of hydrogen-bond acceptors (Lipinski definition) is 2. The van der Waals surface area contributed by atoms with Gasteiger partial charge in [-0.3, -0.25) is 0 Å². The molecule has 0 unspecified atom stereocenters. The Morgan fingerprint density at radius 1 is 0.968 bits per heavy atom. The van der Waals surface area contributed by atoms with Gasteiger partial charge in [0.2, 0.25) is 0 Å². The smallest absolute Gasteiger partial charge is 0.388 e. The summed E-state index contributed by atoms with van der Waals surface area (Å²) in [4.78, 5) is 0. The van der Waals surface area contributed by atoms with E-state index in [2.05, 4.69) is 10.6 Å². The third-order valence-electron chi connectivity index (χ3n) is 4.72. The van der Waals surface area contributed by atoms with Crippen LogP contribution in [0.5, 0.6) is 0 Å². The first-order chi connectivity index (χ1) is 14.5. The molecule has 31 heavy (non-hydrogen) atoms. The Hall–Kier alpha value is -2.97. The molecule has 0 radical (unpaired) electrons. The van der Waals surface area contributed by atoms with Crippen LogP contribution in [0.4, 0.5) is 36.4 Å². The first-order valence-electron chi connectivity index (χ1n) is 9.32. The minimum atomic E-state index is -4.61. The lowest BCUT2D eigenvalue weighted by Gasteiger charge is -2.16. The Morgan fingerprint density at radius 2 is 1.61 bits per heavy atom. The van der Waals surface area contributed by atoms with Gasteiger partial charge in [0, 0.05) is 36.1 Å². The maximum absolute atomic E-state index is 14.6. The van der Waals surface area contributed by atoms with E-state index in [0.717, 1.165) is 18.2 Å². The molecule has 0 aromatic heterocycles. The van der Waals surface area contributed by atoms with Crippen LogP contribution in [0.1, 0.15) is 31.4 Å². The molecular formula is C22H21F7N2. The van der Waals surface area contributed by atoms with E-state index in [1.807, 2.05) is 0 Å². The zero-order chi connectivity index (χ0) is 23.3. The van der Waals surface area contributed by atoms with Crippen LogP contribution in [0.2, 0.25) is 0 Å². The summed E-state index contributed by atoms with van der Waals surface area (Å²) in [5.74, 6) is -4.41. The number of rotatable bonds is 7. The fourth-order valence-corrected chi connectivity index (χ4v) is 2.83. The summed E-state index contributed by atoms with van der Waals surface area (Å²) in [7, 11) is 1.36. The van der Waals surface area contributed by atoms with E-state index >= 15 is 0 Å². The second-order valence-electron chi connectivity index (χ2n) is 6.72. The lowest BCUT2D eigenvalue weighted by molar-refractivity contribution is -0.0890. The number of anilines is 1. The van der Waals surface area contributed by atoms with Crippen molar-refractivity contribution >= 4 is 11.4 Å². The number of nitrogens with one attached hydrogen (secondary N) is 2. The summed E-state index contributed by atoms with van der Waals surface area (Å²) in [6, 6.07) is 4.96. The highest BCUT2D eigenvalue weighted by Crippen LogP contribution is 2.33. The quantitative estimate of drug-likeness (QED) is 0.281. The monoisotopic (exact) mass is 446 g/mol. The van der Waals surface area contributed by atoms with Crippen LogP contribution in [0, 0.1) is 23.3 Å². The molecule has 0 fully saturated rings. The molecule has 0 aliphatic heterocycles. The van der Waals surface area contributed by atoms with Gasteiger partial charge in [-0.1, -0.05) is 12.5 Å². The standard InChI is InChI=1S/C22H21F7N2/c1-4-12(2)16(22(27,28)29)10-20(30-3)14-6-5-13(9-19(14)25)31-11-15-17(23)7-8-18(24)21(15)26/h5-10,30-31H,4,11H2,1-3H3/b16-12?,20-10-. The molecule has 0 atom stereocenters. The van der Waals surface area contributed by atoms with E-state index in [1.54, 1.807) is 6.92 Å². The van der Waals surface area contributed by atoms with Crippen molar-refractivity contribution in [2.24, 2.45) is 0 Å². The van der Waals surface area contributed by atoms with E-state index in [-0.39, 0.29) is 28.9 Å². The highest BCUT2D eigenvalue weighted by atomic mass is 19.4. The lowest BCUT2D eigenvalue weighted by atomic mass is 10.0. The number of halogens is 7. The van der Waals surface area contributed by atoms with E-state index in [9.17, 15) is 30.7 Å². The molecule has 2 rings (SSSR count). The van der Waals surface area contributed by atoms with E-state index in [4.69, 9.17) is 0 Å². The molecule has 0 saturated carbocycles. The minimum absolute atomic E-state index is 0.0913. The molecule has 0 aliphatic rings. The van der Waals surface area contributed by atoms with Gasteiger partial charge in [0.15, 0.2) is 11.6 Å². The van der Waals surface area contributed by atoms with E-state index < -0.39 is 47.1 Å². The molecule has 9 heteroatoms. The molecule has 2 aromatic carbocycles. The SMILES string of the molecule is CCC(C)=C(/C=C(\NC)c1ccc(NCc2c(F)ccc(F)c2F)cc1F)C(F)(F)F. The Kier molecular flexibility index (Phi) is 7.75. The van der Waals surface area contributed by atoms with Crippen molar-refractivity contribution in [1.29, 1.82) is 0 Å². The predicted molar refractivity (Wildman–Crippen MR) is 106 cm³/mol. The number of allylic oxidation sites excluding steroid dienone is 3. The van der Waals surface area contributed by atoms with Crippen LogP contribution in [-0.4, -0.2) is 13.2 Å². The first-order valence-corrected chi connectivity index (χ1v) is 9.32. The summed E-state index contributed by atoms with van der Waals surface area (Å²) < 4.78 is 95.5. The molecule has 0 aliphatic carbocycles. The van der Waals surface area contributed by atoms with Crippen LogP contribution >= 0.6 is 0 Å². The van der Waals surface area contributed by atoms with Crippen molar-refractivity contribution in [3.05, 3.63) is 81.9 Å². The summed E-state index contributed by atoms with van der Waals surface area (Å²) >= 11 is 0. The molecule has 2 nitrogen and oxygen atoms in total. The Balaban J connectivity index is 2.34. The third kappa shape index (κ3) is 5.80. The van der Waals surface area contributed by atoms with Crippen molar-refractivity contribution < 1.29 is 30.7 Å². The summed E-state index contributed by atoms with van der Waals surface area (Å²) in [6.45, 7) is 2.47.